The maximum absolute atomic E-state index is 13.4. The Morgan fingerprint density at radius 3 is 2.27 bits per heavy atom. The molecule has 0 aliphatic carbocycles. The summed E-state index contributed by atoms with van der Waals surface area (Å²) in [6.07, 6.45) is 0. The minimum Gasteiger partial charge on any atom is -0.496 e. The number of sulfonamides is 1. The Balaban J connectivity index is 1.84. The van der Waals surface area contributed by atoms with Crippen LogP contribution in [0.2, 0.25) is 15.1 Å². The van der Waals surface area contributed by atoms with E-state index in [1.165, 1.54) is 37.4 Å². The molecule has 3 aromatic rings. The summed E-state index contributed by atoms with van der Waals surface area (Å²) in [5.41, 5.74) is 1.28. The molecular weight excluding hydrogens is 507 g/mol. The number of amides is 1. The molecule has 0 aromatic heterocycles. The van der Waals surface area contributed by atoms with E-state index >= 15 is 0 Å². The van der Waals surface area contributed by atoms with Gasteiger partial charge in [-0.2, -0.15) is 4.31 Å². The van der Waals surface area contributed by atoms with Crippen LogP contribution < -0.4 is 10.1 Å². The number of halogens is 3. The topological polar surface area (TPSA) is 75.7 Å². The summed E-state index contributed by atoms with van der Waals surface area (Å²) in [5, 5.41) is 3.87. The summed E-state index contributed by atoms with van der Waals surface area (Å²) in [6, 6.07) is 17.7. The van der Waals surface area contributed by atoms with Gasteiger partial charge in [0.25, 0.3) is 0 Å². The van der Waals surface area contributed by atoms with Crippen LogP contribution >= 0.6 is 34.8 Å². The lowest BCUT2D eigenvalue weighted by molar-refractivity contribution is -0.121. The molecule has 33 heavy (non-hydrogen) atoms. The van der Waals surface area contributed by atoms with Crippen molar-refractivity contribution in [2.75, 3.05) is 13.7 Å². The second kappa shape index (κ2) is 11.2. The fourth-order valence-corrected chi connectivity index (χ4v) is 5.05. The number of carbonyl (C=O) groups excluding carboxylic acids is 1. The highest BCUT2D eigenvalue weighted by Gasteiger charge is 2.27. The SMILES string of the molecule is COc1ccccc1CNC(=O)CN(Cc1ccc(Cl)cc1Cl)S(=O)(=O)c1ccc(Cl)cc1. The van der Waals surface area contributed by atoms with E-state index in [-0.39, 0.29) is 18.0 Å². The van der Waals surface area contributed by atoms with E-state index in [2.05, 4.69) is 5.32 Å². The summed E-state index contributed by atoms with van der Waals surface area (Å²) in [6.45, 7) is -0.360. The van der Waals surface area contributed by atoms with Crippen molar-refractivity contribution in [3.05, 3.63) is 92.9 Å². The van der Waals surface area contributed by atoms with E-state index in [0.29, 0.717) is 26.4 Å². The quantitative estimate of drug-likeness (QED) is 0.417. The van der Waals surface area contributed by atoms with Crippen LogP contribution in [0.25, 0.3) is 0 Å². The van der Waals surface area contributed by atoms with Gasteiger partial charge in [-0.05, 0) is 48.0 Å². The van der Waals surface area contributed by atoms with Gasteiger partial charge in [0.05, 0.1) is 18.6 Å². The molecule has 0 aliphatic rings. The molecule has 174 valence electrons. The number of ether oxygens (including phenoxy) is 1. The summed E-state index contributed by atoms with van der Waals surface area (Å²) in [7, 11) is -2.50. The normalized spacial score (nSPS) is 11.4. The summed E-state index contributed by atoms with van der Waals surface area (Å²) >= 11 is 18.1. The third-order valence-electron chi connectivity index (χ3n) is 4.80. The van der Waals surface area contributed by atoms with Crippen LogP contribution in [0, 0.1) is 0 Å². The van der Waals surface area contributed by atoms with E-state index in [9.17, 15) is 13.2 Å². The molecule has 1 N–H and O–H groups in total. The van der Waals surface area contributed by atoms with Crippen LogP contribution in [-0.4, -0.2) is 32.3 Å². The zero-order valence-corrected chi connectivity index (χ0v) is 20.7. The predicted octanol–water partition coefficient (Wildman–Crippen LogP) is 5.16. The average molecular weight is 528 g/mol. The number of hydrogen-bond acceptors (Lipinski definition) is 4. The molecule has 0 radical (unpaired) electrons. The number of carbonyl (C=O) groups is 1. The molecular formula is C23H21Cl3N2O4S. The predicted molar refractivity (Wildman–Crippen MR) is 130 cm³/mol. The third-order valence-corrected chi connectivity index (χ3v) is 7.45. The Bertz CT molecular complexity index is 1230. The van der Waals surface area contributed by atoms with Crippen molar-refractivity contribution in [3.8, 4) is 5.75 Å². The van der Waals surface area contributed by atoms with E-state index in [4.69, 9.17) is 39.5 Å². The summed E-state index contributed by atoms with van der Waals surface area (Å²) in [5.74, 6) is 0.139. The Morgan fingerprint density at radius 1 is 0.939 bits per heavy atom. The van der Waals surface area contributed by atoms with Gasteiger partial charge in [0.15, 0.2) is 0 Å². The number of rotatable bonds is 9. The van der Waals surface area contributed by atoms with Crippen molar-refractivity contribution in [2.24, 2.45) is 0 Å². The molecule has 6 nitrogen and oxygen atoms in total. The summed E-state index contributed by atoms with van der Waals surface area (Å²) < 4.78 is 33.0. The standard InChI is InChI=1S/C23H21Cl3N2O4S/c1-32-22-5-3-2-4-16(22)13-27-23(29)15-28(14-17-6-7-19(25)12-21(17)26)33(30,31)20-10-8-18(24)9-11-20/h2-12H,13-15H2,1H3,(H,27,29). The van der Waals surface area contributed by atoms with Gasteiger partial charge < -0.3 is 10.1 Å². The molecule has 0 heterocycles. The van der Waals surface area contributed by atoms with Crippen LogP contribution in [0.1, 0.15) is 11.1 Å². The lowest BCUT2D eigenvalue weighted by Gasteiger charge is -2.23. The van der Waals surface area contributed by atoms with Crippen LogP contribution in [0.15, 0.2) is 71.6 Å². The summed E-state index contributed by atoms with van der Waals surface area (Å²) in [4.78, 5) is 12.8. The second-order valence-corrected chi connectivity index (χ2v) is 10.3. The van der Waals surface area contributed by atoms with Gasteiger partial charge in [0.1, 0.15) is 5.75 Å². The zero-order valence-electron chi connectivity index (χ0n) is 17.6. The van der Waals surface area contributed by atoms with Crippen LogP contribution in [0.5, 0.6) is 5.75 Å². The van der Waals surface area contributed by atoms with Gasteiger partial charge in [0.2, 0.25) is 15.9 Å². The van der Waals surface area contributed by atoms with Crippen LogP contribution in [-0.2, 0) is 27.9 Å². The Labute approximate surface area is 208 Å². The highest BCUT2D eigenvalue weighted by atomic mass is 35.5. The van der Waals surface area contributed by atoms with Crippen molar-refractivity contribution in [1.29, 1.82) is 0 Å². The minimum atomic E-state index is -4.04. The van der Waals surface area contributed by atoms with Crippen molar-refractivity contribution in [3.63, 3.8) is 0 Å². The monoisotopic (exact) mass is 526 g/mol. The van der Waals surface area contributed by atoms with Crippen LogP contribution in [0.3, 0.4) is 0 Å². The first-order valence-electron chi connectivity index (χ1n) is 9.79. The van der Waals surface area contributed by atoms with Crippen molar-refractivity contribution >= 4 is 50.7 Å². The number of para-hydroxylation sites is 1. The highest BCUT2D eigenvalue weighted by Crippen LogP contribution is 2.26. The number of methoxy groups -OCH3 is 1. The van der Waals surface area contributed by atoms with E-state index in [0.717, 1.165) is 9.87 Å². The van der Waals surface area contributed by atoms with Crippen molar-refractivity contribution < 1.29 is 17.9 Å². The van der Waals surface area contributed by atoms with Gasteiger partial charge in [-0.1, -0.05) is 59.1 Å². The van der Waals surface area contributed by atoms with Crippen molar-refractivity contribution in [2.45, 2.75) is 18.0 Å². The molecule has 0 spiro atoms. The first-order chi connectivity index (χ1) is 15.7. The van der Waals surface area contributed by atoms with E-state index in [1.807, 2.05) is 18.2 Å². The Kier molecular flexibility index (Phi) is 8.62. The molecule has 0 bridgehead atoms. The minimum absolute atomic E-state index is 0.00881. The number of nitrogens with one attached hydrogen (secondary N) is 1. The van der Waals surface area contributed by atoms with Gasteiger partial charge in [-0.15, -0.1) is 0 Å². The largest absolute Gasteiger partial charge is 0.496 e. The van der Waals surface area contributed by atoms with Gasteiger partial charge >= 0.3 is 0 Å². The lowest BCUT2D eigenvalue weighted by Crippen LogP contribution is -2.40. The van der Waals surface area contributed by atoms with Crippen molar-refractivity contribution in [1.82, 2.24) is 9.62 Å². The molecule has 3 rings (SSSR count). The second-order valence-electron chi connectivity index (χ2n) is 7.05. The first kappa shape index (κ1) is 25.3. The maximum Gasteiger partial charge on any atom is 0.243 e. The Morgan fingerprint density at radius 2 is 1.61 bits per heavy atom. The smallest absolute Gasteiger partial charge is 0.243 e. The number of benzene rings is 3. The maximum atomic E-state index is 13.4. The fraction of sp³-hybridized carbons (Fsp3) is 0.174. The first-order valence-corrected chi connectivity index (χ1v) is 12.4. The molecule has 0 fully saturated rings. The molecule has 10 heteroatoms. The number of nitrogens with zero attached hydrogens (tertiary/aromatic N) is 1. The fourth-order valence-electron chi connectivity index (χ4n) is 3.08. The Hall–Kier alpha value is -2.29. The molecule has 0 saturated heterocycles. The van der Waals surface area contributed by atoms with Crippen LogP contribution in [0.4, 0.5) is 0 Å². The van der Waals surface area contributed by atoms with E-state index < -0.39 is 22.5 Å². The molecule has 0 unspecified atom stereocenters. The molecule has 3 aromatic carbocycles. The van der Waals surface area contributed by atoms with Gasteiger partial charge in [-0.25, -0.2) is 8.42 Å². The molecule has 1 amide bonds. The van der Waals surface area contributed by atoms with Gasteiger partial charge in [0, 0.05) is 33.7 Å². The average Bonchev–Trinajstić information content (AvgIpc) is 2.79. The molecule has 0 aliphatic heterocycles. The van der Waals surface area contributed by atoms with Gasteiger partial charge in [-0.3, -0.25) is 4.79 Å². The number of hydrogen-bond donors (Lipinski definition) is 1. The van der Waals surface area contributed by atoms with E-state index in [1.54, 1.807) is 18.2 Å². The highest BCUT2D eigenvalue weighted by molar-refractivity contribution is 7.89. The zero-order chi connectivity index (χ0) is 24.0. The molecule has 0 atom stereocenters. The lowest BCUT2D eigenvalue weighted by atomic mass is 10.2. The molecule has 0 saturated carbocycles. The third kappa shape index (κ3) is 6.62.